The largest absolute Gasteiger partial charge is 0.378 e. The van der Waals surface area contributed by atoms with Crippen molar-refractivity contribution in [1.29, 1.82) is 0 Å². The summed E-state index contributed by atoms with van der Waals surface area (Å²) in [6.45, 7) is 5.19. The number of carbonyl (C=O) groups is 1. The van der Waals surface area contributed by atoms with E-state index in [1.165, 1.54) is 0 Å². The molecule has 0 aromatic rings. The second kappa shape index (κ2) is 5.95. The van der Waals surface area contributed by atoms with E-state index in [1.54, 1.807) is 11.8 Å². The minimum absolute atomic E-state index is 0.0294. The van der Waals surface area contributed by atoms with Gasteiger partial charge in [0.25, 0.3) is 5.91 Å². The first-order valence-corrected chi connectivity index (χ1v) is 4.94. The molecule has 1 atom stereocenters. The van der Waals surface area contributed by atoms with Crippen LogP contribution in [0.4, 0.5) is 0 Å². The molecule has 14 heavy (non-hydrogen) atoms. The number of hydrogen-bond donors (Lipinski definition) is 1. The number of ether oxygens (including phenoxy) is 2. The number of rotatable bonds is 4. The van der Waals surface area contributed by atoms with Crippen LogP contribution in [0.25, 0.3) is 0 Å². The second-order valence-corrected chi connectivity index (χ2v) is 3.24. The molecular weight excluding hydrogens is 184 g/mol. The molecule has 0 saturated carbocycles. The van der Waals surface area contributed by atoms with Crippen LogP contribution in [0.3, 0.4) is 0 Å². The Morgan fingerprint density at radius 1 is 1.57 bits per heavy atom. The van der Waals surface area contributed by atoms with Gasteiger partial charge in [-0.3, -0.25) is 4.79 Å². The molecule has 0 bridgehead atoms. The zero-order valence-electron chi connectivity index (χ0n) is 8.57. The molecular formula is C9H18N2O3. The van der Waals surface area contributed by atoms with Crippen molar-refractivity contribution >= 4 is 5.91 Å². The van der Waals surface area contributed by atoms with Gasteiger partial charge >= 0.3 is 0 Å². The predicted molar refractivity (Wildman–Crippen MR) is 51.9 cm³/mol. The van der Waals surface area contributed by atoms with Crippen LogP contribution in [-0.2, 0) is 14.3 Å². The topological polar surface area (TPSA) is 64.8 Å². The van der Waals surface area contributed by atoms with E-state index in [-0.39, 0.29) is 5.91 Å². The van der Waals surface area contributed by atoms with Crippen LogP contribution in [0.2, 0.25) is 0 Å². The Bertz CT molecular complexity index is 181. The maximum absolute atomic E-state index is 11.7. The van der Waals surface area contributed by atoms with Crippen molar-refractivity contribution in [1.82, 2.24) is 4.90 Å². The van der Waals surface area contributed by atoms with E-state index in [0.29, 0.717) is 39.5 Å². The van der Waals surface area contributed by atoms with E-state index in [9.17, 15) is 4.79 Å². The normalized spacial score (nSPS) is 19.4. The van der Waals surface area contributed by atoms with E-state index < -0.39 is 6.10 Å². The Morgan fingerprint density at radius 2 is 2.21 bits per heavy atom. The number of hydrogen-bond acceptors (Lipinski definition) is 4. The van der Waals surface area contributed by atoms with E-state index in [0.717, 1.165) is 0 Å². The fourth-order valence-electron chi connectivity index (χ4n) is 1.36. The fourth-order valence-corrected chi connectivity index (χ4v) is 1.36. The number of nitrogens with zero attached hydrogens (tertiary/aromatic N) is 1. The van der Waals surface area contributed by atoms with Crippen LogP contribution in [0, 0.1) is 0 Å². The van der Waals surface area contributed by atoms with Gasteiger partial charge in [0.1, 0.15) is 6.10 Å². The smallest absolute Gasteiger partial charge is 0.251 e. The summed E-state index contributed by atoms with van der Waals surface area (Å²) in [6.07, 6.45) is -0.392. The highest BCUT2D eigenvalue weighted by atomic mass is 16.5. The van der Waals surface area contributed by atoms with Gasteiger partial charge < -0.3 is 20.1 Å². The number of nitrogens with two attached hydrogens (primary N) is 1. The third kappa shape index (κ3) is 3.25. The van der Waals surface area contributed by atoms with Crippen molar-refractivity contribution in [3.8, 4) is 0 Å². The highest BCUT2D eigenvalue weighted by Gasteiger charge is 2.22. The first-order valence-electron chi connectivity index (χ1n) is 4.94. The lowest BCUT2D eigenvalue weighted by atomic mass is 10.3. The summed E-state index contributed by atoms with van der Waals surface area (Å²) in [6, 6.07) is 0. The minimum atomic E-state index is -0.392. The van der Waals surface area contributed by atoms with Crippen LogP contribution in [-0.4, -0.2) is 56.4 Å². The highest BCUT2D eigenvalue weighted by Crippen LogP contribution is 2.02. The standard InChI is InChI=1S/C9H18N2O3/c1-8(14-5-2-10)9(12)11-3-6-13-7-4-11/h8H,2-7,10H2,1H3. The maximum Gasteiger partial charge on any atom is 0.251 e. The third-order valence-corrected chi connectivity index (χ3v) is 2.16. The zero-order chi connectivity index (χ0) is 10.4. The van der Waals surface area contributed by atoms with Gasteiger partial charge in [-0.05, 0) is 6.92 Å². The molecule has 2 N–H and O–H groups in total. The molecule has 5 nitrogen and oxygen atoms in total. The van der Waals surface area contributed by atoms with Crippen molar-refractivity contribution in [2.45, 2.75) is 13.0 Å². The molecule has 1 heterocycles. The summed E-state index contributed by atoms with van der Waals surface area (Å²) >= 11 is 0. The monoisotopic (exact) mass is 202 g/mol. The number of carbonyl (C=O) groups excluding carboxylic acids is 1. The second-order valence-electron chi connectivity index (χ2n) is 3.24. The molecule has 0 aromatic heterocycles. The molecule has 1 aliphatic heterocycles. The molecule has 1 fully saturated rings. The number of morpholine rings is 1. The van der Waals surface area contributed by atoms with Crippen molar-refractivity contribution in [2.24, 2.45) is 5.73 Å². The van der Waals surface area contributed by atoms with Crippen molar-refractivity contribution in [3.05, 3.63) is 0 Å². The first-order chi connectivity index (χ1) is 6.75. The van der Waals surface area contributed by atoms with Gasteiger partial charge in [0.2, 0.25) is 0 Å². The third-order valence-electron chi connectivity index (χ3n) is 2.16. The molecule has 0 aromatic carbocycles. The van der Waals surface area contributed by atoms with Crippen LogP contribution in [0.5, 0.6) is 0 Å². The highest BCUT2D eigenvalue weighted by molar-refractivity contribution is 5.80. The molecule has 1 aliphatic rings. The average molecular weight is 202 g/mol. The Balaban J connectivity index is 2.30. The summed E-state index contributed by atoms with van der Waals surface area (Å²) in [5, 5.41) is 0. The molecule has 0 spiro atoms. The summed E-state index contributed by atoms with van der Waals surface area (Å²) < 4.78 is 10.4. The summed E-state index contributed by atoms with van der Waals surface area (Å²) in [5.41, 5.74) is 5.29. The van der Waals surface area contributed by atoms with E-state index in [1.807, 2.05) is 0 Å². The van der Waals surface area contributed by atoms with Crippen LogP contribution in [0.1, 0.15) is 6.92 Å². The van der Waals surface area contributed by atoms with Gasteiger partial charge in [-0.2, -0.15) is 0 Å². The summed E-state index contributed by atoms with van der Waals surface area (Å²) in [4.78, 5) is 13.5. The lowest BCUT2D eigenvalue weighted by Gasteiger charge is -2.29. The zero-order valence-corrected chi connectivity index (χ0v) is 8.57. The minimum Gasteiger partial charge on any atom is -0.378 e. The predicted octanol–water partition coefficient (Wildman–Crippen LogP) is -0.791. The van der Waals surface area contributed by atoms with Gasteiger partial charge in [-0.1, -0.05) is 0 Å². The molecule has 1 saturated heterocycles. The van der Waals surface area contributed by atoms with Crippen molar-refractivity contribution < 1.29 is 14.3 Å². The van der Waals surface area contributed by atoms with Gasteiger partial charge in [0.15, 0.2) is 0 Å². The van der Waals surface area contributed by atoms with Crippen LogP contribution in [0.15, 0.2) is 0 Å². The Hall–Kier alpha value is -0.650. The maximum atomic E-state index is 11.7. The van der Waals surface area contributed by atoms with Gasteiger partial charge in [-0.25, -0.2) is 0 Å². The quantitative estimate of drug-likeness (QED) is 0.649. The average Bonchev–Trinajstić information content (AvgIpc) is 2.26. The fraction of sp³-hybridized carbons (Fsp3) is 0.889. The molecule has 1 rings (SSSR count). The SMILES string of the molecule is CC(OCCN)C(=O)N1CCOCC1. The molecule has 1 amide bonds. The van der Waals surface area contributed by atoms with Crippen LogP contribution < -0.4 is 5.73 Å². The molecule has 0 aliphatic carbocycles. The lowest BCUT2D eigenvalue weighted by molar-refractivity contribution is -0.146. The lowest BCUT2D eigenvalue weighted by Crippen LogP contribution is -2.45. The van der Waals surface area contributed by atoms with Gasteiger partial charge in [0.05, 0.1) is 19.8 Å². The molecule has 5 heteroatoms. The Labute approximate surface area is 84.1 Å². The molecule has 82 valence electrons. The van der Waals surface area contributed by atoms with Crippen LogP contribution >= 0.6 is 0 Å². The van der Waals surface area contributed by atoms with Gasteiger partial charge in [-0.15, -0.1) is 0 Å². The number of amides is 1. The Kier molecular flexibility index (Phi) is 4.86. The van der Waals surface area contributed by atoms with E-state index in [4.69, 9.17) is 15.2 Å². The summed E-state index contributed by atoms with van der Waals surface area (Å²) in [5.74, 6) is 0.0294. The van der Waals surface area contributed by atoms with E-state index >= 15 is 0 Å². The molecule has 0 radical (unpaired) electrons. The Morgan fingerprint density at radius 3 is 2.79 bits per heavy atom. The van der Waals surface area contributed by atoms with Crippen molar-refractivity contribution in [2.75, 3.05) is 39.5 Å². The van der Waals surface area contributed by atoms with Crippen molar-refractivity contribution in [3.63, 3.8) is 0 Å². The molecule has 1 unspecified atom stereocenters. The first kappa shape index (κ1) is 11.4. The van der Waals surface area contributed by atoms with Gasteiger partial charge in [0, 0.05) is 19.6 Å². The summed E-state index contributed by atoms with van der Waals surface area (Å²) in [7, 11) is 0. The van der Waals surface area contributed by atoms with E-state index in [2.05, 4.69) is 0 Å².